The number of nitrogens with zero attached hydrogens (tertiary/aromatic N) is 3. The van der Waals surface area contributed by atoms with Gasteiger partial charge in [0, 0.05) is 26.2 Å². The lowest BCUT2D eigenvalue weighted by atomic mass is 10.1. The second kappa shape index (κ2) is 12.8. The second-order valence-electron chi connectivity index (χ2n) is 8.98. The molecule has 8 heteroatoms. The van der Waals surface area contributed by atoms with E-state index in [9.17, 15) is 9.50 Å². The van der Waals surface area contributed by atoms with Gasteiger partial charge in [0.2, 0.25) is 5.88 Å². The van der Waals surface area contributed by atoms with Gasteiger partial charge < -0.3 is 19.3 Å². The van der Waals surface area contributed by atoms with Gasteiger partial charge in [0.1, 0.15) is 11.6 Å². The lowest BCUT2D eigenvalue weighted by molar-refractivity contribution is 0.00836. The highest BCUT2D eigenvalue weighted by Gasteiger charge is 2.26. The van der Waals surface area contributed by atoms with E-state index < -0.39 is 6.10 Å². The first-order valence-electron chi connectivity index (χ1n) is 12.3. The molecular formula is C28H34FN3O4. The highest BCUT2D eigenvalue weighted by Crippen LogP contribution is 2.32. The van der Waals surface area contributed by atoms with Crippen LogP contribution in [0.3, 0.4) is 0 Å². The van der Waals surface area contributed by atoms with E-state index in [4.69, 9.17) is 19.3 Å². The number of hydrogen-bond donors (Lipinski definition) is 1. The quantitative estimate of drug-likeness (QED) is 0.275. The minimum Gasteiger partial charge on any atom is -0.439 e. The van der Waals surface area contributed by atoms with E-state index in [1.807, 2.05) is 37.3 Å². The first-order valence-corrected chi connectivity index (χ1v) is 12.3. The molecule has 0 spiro atoms. The molecule has 1 aliphatic heterocycles. The van der Waals surface area contributed by atoms with Crippen molar-refractivity contribution in [1.29, 1.82) is 0 Å². The molecule has 1 aromatic heterocycles. The molecule has 2 aromatic carbocycles. The number of benzene rings is 2. The number of ether oxygens (including phenoxy) is 3. The summed E-state index contributed by atoms with van der Waals surface area (Å²) in [6.07, 6.45) is 3.13. The molecule has 1 saturated heterocycles. The first kappa shape index (κ1) is 26.0. The molecule has 0 amide bonds. The smallest absolute Gasteiger partial charge is 0.227 e. The van der Waals surface area contributed by atoms with Gasteiger partial charge in [0.25, 0.3) is 0 Å². The van der Waals surface area contributed by atoms with Gasteiger partial charge in [-0.3, -0.25) is 4.90 Å². The summed E-state index contributed by atoms with van der Waals surface area (Å²) in [5.41, 5.74) is 2.55. The maximum absolute atomic E-state index is 13.5. The Bertz CT molecular complexity index is 1100. The van der Waals surface area contributed by atoms with Gasteiger partial charge in [-0.15, -0.1) is 6.58 Å². The Morgan fingerprint density at radius 1 is 1.25 bits per heavy atom. The summed E-state index contributed by atoms with van der Waals surface area (Å²) in [6, 6.07) is 15.7. The molecule has 192 valence electrons. The molecule has 0 bridgehead atoms. The third-order valence-corrected chi connectivity index (χ3v) is 6.05. The minimum absolute atomic E-state index is 0.109. The summed E-state index contributed by atoms with van der Waals surface area (Å²) in [5.74, 6) is 0.740. The maximum Gasteiger partial charge on any atom is 0.227 e. The van der Waals surface area contributed by atoms with Crippen LogP contribution in [-0.2, 0) is 16.0 Å². The normalized spacial score (nSPS) is 16.4. The molecule has 2 heterocycles. The van der Waals surface area contributed by atoms with E-state index in [1.54, 1.807) is 22.9 Å². The van der Waals surface area contributed by atoms with E-state index in [1.165, 1.54) is 12.1 Å². The summed E-state index contributed by atoms with van der Waals surface area (Å²) < 4.78 is 32.9. The zero-order valence-electron chi connectivity index (χ0n) is 20.7. The Kier molecular flexibility index (Phi) is 9.24. The lowest BCUT2D eigenvalue weighted by Gasteiger charge is -2.27. The number of aromatic nitrogens is 2. The molecular weight excluding hydrogens is 461 g/mol. The average molecular weight is 496 g/mol. The van der Waals surface area contributed by atoms with Crippen LogP contribution in [0.1, 0.15) is 24.1 Å². The Morgan fingerprint density at radius 3 is 2.72 bits per heavy atom. The maximum atomic E-state index is 13.5. The number of hydrogen-bond acceptors (Lipinski definition) is 6. The molecule has 1 N–H and O–H groups in total. The SMILES string of the molecule is C=CCOC[C@H](O)CN(Cc1c(C)nn(-c2ccccc2)c1Oc1ccc(F)cc1)C[C@@H]1CCCO1. The van der Waals surface area contributed by atoms with Crippen molar-refractivity contribution in [3.8, 4) is 17.3 Å². The fourth-order valence-electron chi connectivity index (χ4n) is 4.33. The molecule has 1 aliphatic rings. The lowest BCUT2D eigenvalue weighted by Crippen LogP contribution is -2.39. The van der Waals surface area contributed by atoms with Gasteiger partial charge in [-0.25, -0.2) is 9.07 Å². The number of aryl methyl sites for hydroxylation is 1. The predicted octanol–water partition coefficient (Wildman–Crippen LogP) is 4.66. The highest BCUT2D eigenvalue weighted by atomic mass is 19.1. The molecule has 36 heavy (non-hydrogen) atoms. The average Bonchev–Trinajstić information content (AvgIpc) is 3.49. The molecule has 2 atom stereocenters. The van der Waals surface area contributed by atoms with Crippen LogP contribution in [0.4, 0.5) is 4.39 Å². The van der Waals surface area contributed by atoms with Crippen molar-refractivity contribution in [2.75, 3.05) is 32.9 Å². The molecule has 0 unspecified atom stereocenters. The van der Waals surface area contributed by atoms with Crippen LogP contribution in [0.15, 0.2) is 67.3 Å². The molecule has 1 fully saturated rings. The van der Waals surface area contributed by atoms with Crippen molar-refractivity contribution in [3.63, 3.8) is 0 Å². The van der Waals surface area contributed by atoms with Crippen molar-refractivity contribution in [2.24, 2.45) is 0 Å². The van der Waals surface area contributed by atoms with Gasteiger partial charge in [-0.2, -0.15) is 5.10 Å². The Morgan fingerprint density at radius 2 is 2.03 bits per heavy atom. The number of para-hydroxylation sites is 1. The van der Waals surface area contributed by atoms with Crippen LogP contribution in [-0.4, -0.2) is 64.9 Å². The van der Waals surface area contributed by atoms with Crippen LogP contribution in [0.2, 0.25) is 0 Å². The summed E-state index contributed by atoms with van der Waals surface area (Å²) >= 11 is 0. The minimum atomic E-state index is -0.669. The third-order valence-electron chi connectivity index (χ3n) is 6.05. The van der Waals surface area contributed by atoms with Crippen molar-refractivity contribution in [2.45, 2.75) is 38.5 Å². The highest BCUT2D eigenvalue weighted by molar-refractivity contribution is 5.43. The fourth-order valence-corrected chi connectivity index (χ4v) is 4.33. The van der Waals surface area contributed by atoms with Gasteiger partial charge in [-0.05, 0) is 56.2 Å². The zero-order chi connectivity index (χ0) is 25.3. The Labute approximate surface area is 211 Å². The third kappa shape index (κ3) is 7.01. The number of rotatable bonds is 13. The zero-order valence-corrected chi connectivity index (χ0v) is 20.7. The van der Waals surface area contributed by atoms with Gasteiger partial charge in [0.05, 0.1) is 42.4 Å². The number of aliphatic hydroxyl groups is 1. The molecule has 0 aliphatic carbocycles. The predicted molar refractivity (Wildman–Crippen MR) is 136 cm³/mol. The molecule has 7 nitrogen and oxygen atoms in total. The van der Waals surface area contributed by atoms with Crippen LogP contribution < -0.4 is 4.74 Å². The Balaban J connectivity index is 1.63. The molecule has 4 rings (SSSR count). The van der Waals surface area contributed by atoms with Crippen LogP contribution in [0.25, 0.3) is 5.69 Å². The second-order valence-corrected chi connectivity index (χ2v) is 8.98. The standard InChI is InChI=1S/C28H34FN3O4/c1-3-15-34-20-24(33)17-31(18-26-10-7-16-35-26)19-27-21(2)30-32(23-8-5-4-6-9-23)28(27)36-25-13-11-22(29)12-14-25/h3-6,8-9,11-14,24,26,33H,1,7,10,15-20H2,2H3/t24-,26+/m1/s1. The van der Waals surface area contributed by atoms with E-state index in [-0.39, 0.29) is 18.5 Å². The van der Waals surface area contributed by atoms with Crippen molar-refractivity contribution < 1.29 is 23.7 Å². The number of halogens is 1. The van der Waals surface area contributed by atoms with Gasteiger partial charge in [0.15, 0.2) is 0 Å². The van der Waals surface area contributed by atoms with Crippen LogP contribution in [0, 0.1) is 12.7 Å². The van der Waals surface area contributed by atoms with Crippen LogP contribution >= 0.6 is 0 Å². The van der Waals surface area contributed by atoms with Gasteiger partial charge >= 0.3 is 0 Å². The van der Waals surface area contributed by atoms with E-state index >= 15 is 0 Å². The van der Waals surface area contributed by atoms with E-state index in [0.29, 0.717) is 37.9 Å². The van der Waals surface area contributed by atoms with Gasteiger partial charge in [-0.1, -0.05) is 24.3 Å². The summed E-state index contributed by atoms with van der Waals surface area (Å²) in [7, 11) is 0. The largest absolute Gasteiger partial charge is 0.439 e. The number of aliphatic hydroxyl groups excluding tert-OH is 1. The topological polar surface area (TPSA) is 69.0 Å². The molecule has 0 saturated carbocycles. The summed E-state index contributed by atoms with van der Waals surface area (Å²) in [6.45, 7) is 8.53. The fraction of sp³-hybridized carbons (Fsp3) is 0.393. The Hall–Kier alpha value is -3.04. The van der Waals surface area contributed by atoms with Crippen LogP contribution in [0.5, 0.6) is 11.6 Å². The summed E-state index contributed by atoms with van der Waals surface area (Å²) in [4.78, 5) is 2.16. The van der Waals surface area contributed by atoms with E-state index in [0.717, 1.165) is 36.4 Å². The summed E-state index contributed by atoms with van der Waals surface area (Å²) in [5, 5.41) is 15.4. The molecule has 0 radical (unpaired) electrons. The first-order chi connectivity index (χ1) is 17.5. The van der Waals surface area contributed by atoms with Crippen molar-refractivity contribution >= 4 is 0 Å². The van der Waals surface area contributed by atoms with Crippen molar-refractivity contribution in [1.82, 2.24) is 14.7 Å². The monoisotopic (exact) mass is 495 g/mol. The van der Waals surface area contributed by atoms with E-state index in [2.05, 4.69) is 11.5 Å². The molecule has 3 aromatic rings. The van der Waals surface area contributed by atoms with Crippen molar-refractivity contribution in [3.05, 3.63) is 84.3 Å².